The van der Waals surface area contributed by atoms with Crippen LogP contribution in [0.4, 0.5) is 11.5 Å². The maximum Gasteiger partial charge on any atom is 0.159 e. The molecule has 2 fully saturated rings. The molecule has 0 saturated carbocycles. The summed E-state index contributed by atoms with van der Waals surface area (Å²) < 4.78 is 11.8. The Morgan fingerprint density at radius 1 is 1.22 bits per heavy atom. The number of terminal acetylenes is 1. The van der Waals surface area contributed by atoms with E-state index in [-0.39, 0.29) is 18.3 Å². The lowest BCUT2D eigenvalue weighted by Crippen LogP contribution is -2.29. The van der Waals surface area contributed by atoms with Gasteiger partial charge in [0.1, 0.15) is 24.0 Å². The molecule has 37 heavy (non-hydrogen) atoms. The number of rotatable bonds is 9. The van der Waals surface area contributed by atoms with Crippen LogP contribution in [0.2, 0.25) is 0 Å². The molecule has 0 amide bonds. The summed E-state index contributed by atoms with van der Waals surface area (Å²) in [5.41, 5.74) is 3.15. The molecule has 2 saturated heterocycles. The minimum atomic E-state index is -0.0353. The van der Waals surface area contributed by atoms with Crippen molar-refractivity contribution < 1.29 is 14.3 Å². The highest BCUT2D eigenvalue weighted by molar-refractivity contribution is 5.96. The molecule has 1 unspecified atom stereocenters. The Kier molecular flexibility index (Phi) is 8.09. The van der Waals surface area contributed by atoms with Gasteiger partial charge < -0.3 is 14.8 Å². The van der Waals surface area contributed by atoms with Gasteiger partial charge in [0, 0.05) is 47.7 Å². The van der Waals surface area contributed by atoms with Crippen molar-refractivity contribution in [1.82, 2.24) is 14.9 Å². The third kappa shape index (κ3) is 6.53. The molecule has 3 aromatic rings. The van der Waals surface area contributed by atoms with E-state index < -0.39 is 0 Å². The zero-order valence-corrected chi connectivity index (χ0v) is 21.0. The largest absolute Gasteiger partial charge is 0.488 e. The SMILES string of the molecule is C#Cc1cccc(Nc2ncnc3cc(OC4CCOC4)c(CC(=O)/C=C/CN4CCCCC4)cc23)c1. The van der Waals surface area contributed by atoms with Gasteiger partial charge in [-0.2, -0.15) is 0 Å². The summed E-state index contributed by atoms with van der Waals surface area (Å²) in [6.45, 7) is 4.24. The monoisotopic (exact) mass is 496 g/mol. The van der Waals surface area contributed by atoms with E-state index in [4.69, 9.17) is 15.9 Å². The Hall–Kier alpha value is -3.73. The van der Waals surface area contributed by atoms with Gasteiger partial charge in [0.05, 0.1) is 18.7 Å². The van der Waals surface area contributed by atoms with Crippen molar-refractivity contribution in [1.29, 1.82) is 0 Å². The van der Waals surface area contributed by atoms with Crippen molar-refractivity contribution in [3.63, 3.8) is 0 Å². The summed E-state index contributed by atoms with van der Waals surface area (Å²) in [5, 5.41) is 4.16. The van der Waals surface area contributed by atoms with E-state index >= 15 is 0 Å². The average Bonchev–Trinajstić information content (AvgIpc) is 3.43. The van der Waals surface area contributed by atoms with Crippen molar-refractivity contribution in [2.75, 3.05) is 38.2 Å². The Balaban J connectivity index is 1.41. The topological polar surface area (TPSA) is 76.6 Å². The number of aromatic nitrogens is 2. The summed E-state index contributed by atoms with van der Waals surface area (Å²) in [6.07, 6.45) is 15.5. The van der Waals surface area contributed by atoms with Gasteiger partial charge in [-0.1, -0.05) is 24.5 Å². The number of nitrogens with one attached hydrogen (secondary N) is 1. The molecule has 0 bridgehead atoms. The van der Waals surface area contributed by atoms with Crippen LogP contribution in [0, 0.1) is 12.3 Å². The van der Waals surface area contributed by atoms with Gasteiger partial charge in [-0.25, -0.2) is 9.97 Å². The van der Waals surface area contributed by atoms with Crippen molar-refractivity contribution in [2.45, 2.75) is 38.2 Å². The molecule has 2 aromatic carbocycles. The number of hydrogen-bond acceptors (Lipinski definition) is 7. The predicted octanol–water partition coefficient (Wildman–Crippen LogP) is 4.68. The van der Waals surface area contributed by atoms with E-state index in [0.717, 1.165) is 53.8 Å². The molecule has 190 valence electrons. The molecule has 2 aliphatic heterocycles. The van der Waals surface area contributed by atoms with Gasteiger partial charge in [0.15, 0.2) is 5.78 Å². The van der Waals surface area contributed by atoms with Crippen LogP contribution in [0.15, 0.2) is 54.9 Å². The molecule has 0 aliphatic carbocycles. The summed E-state index contributed by atoms with van der Waals surface area (Å²) in [7, 11) is 0. The van der Waals surface area contributed by atoms with Crippen LogP contribution >= 0.6 is 0 Å². The number of fused-ring (bicyclic) bond motifs is 1. The van der Waals surface area contributed by atoms with Crippen LogP contribution in [0.3, 0.4) is 0 Å². The summed E-state index contributed by atoms with van der Waals surface area (Å²) in [6, 6.07) is 11.5. The molecule has 7 nitrogen and oxygen atoms in total. The first kappa shape index (κ1) is 24.9. The van der Waals surface area contributed by atoms with E-state index in [2.05, 4.69) is 26.1 Å². The van der Waals surface area contributed by atoms with Gasteiger partial charge in [0.2, 0.25) is 0 Å². The second-order valence-electron chi connectivity index (χ2n) is 9.56. The van der Waals surface area contributed by atoms with Crippen LogP contribution < -0.4 is 10.1 Å². The van der Waals surface area contributed by atoms with Crippen LogP contribution in [-0.4, -0.2) is 59.6 Å². The number of ether oxygens (including phenoxy) is 2. The maximum absolute atomic E-state index is 13.0. The number of carbonyl (C=O) groups is 1. The van der Waals surface area contributed by atoms with E-state index in [1.54, 1.807) is 6.08 Å². The van der Waals surface area contributed by atoms with E-state index in [0.29, 0.717) is 24.8 Å². The van der Waals surface area contributed by atoms with Crippen molar-refractivity contribution in [3.8, 4) is 18.1 Å². The van der Waals surface area contributed by atoms with Gasteiger partial charge in [-0.15, -0.1) is 6.42 Å². The van der Waals surface area contributed by atoms with Crippen LogP contribution in [0.5, 0.6) is 5.75 Å². The number of allylic oxidation sites excluding steroid dienone is 1. The Labute approximate surface area is 217 Å². The molecule has 1 aromatic heterocycles. The van der Waals surface area contributed by atoms with Gasteiger partial charge in [-0.05, 0) is 56.3 Å². The van der Waals surface area contributed by atoms with Crippen molar-refractivity contribution >= 4 is 28.2 Å². The molecular formula is C30H32N4O3. The highest BCUT2D eigenvalue weighted by atomic mass is 16.5. The predicted molar refractivity (Wildman–Crippen MR) is 145 cm³/mol. The molecule has 0 spiro atoms. The lowest BCUT2D eigenvalue weighted by atomic mass is 10.0. The zero-order valence-electron chi connectivity index (χ0n) is 21.0. The molecule has 2 aliphatic rings. The van der Waals surface area contributed by atoms with Gasteiger partial charge in [0.25, 0.3) is 0 Å². The van der Waals surface area contributed by atoms with E-state index in [1.807, 2.05) is 42.5 Å². The third-order valence-corrected chi connectivity index (χ3v) is 6.77. The first-order valence-electron chi connectivity index (χ1n) is 13.0. The number of benzene rings is 2. The molecule has 1 atom stereocenters. The molecule has 0 radical (unpaired) electrons. The Bertz CT molecular complexity index is 1320. The number of anilines is 2. The number of carbonyl (C=O) groups excluding carboxylic acids is 1. The lowest BCUT2D eigenvalue weighted by Gasteiger charge is -2.24. The van der Waals surface area contributed by atoms with Crippen LogP contribution in [0.1, 0.15) is 36.8 Å². The fraction of sp³-hybridized carbons (Fsp3) is 0.367. The normalized spacial score (nSPS) is 18.2. The van der Waals surface area contributed by atoms with E-state index in [1.165, 1.54) is 25.6 Å². The molecule has 7 heteroatoms. The van der Waals surface area contributed by atoms with Crippen LogP contribution in [0.25, 0.3) is 10.9 Å². The molecule has 1 N–H and O–H groups in total. The summed E-state index contributed by atoms with van der Waals surface area (Å²) >= 11 is 0. The number of hydrogen-bond donors (Lipinski definition) is 1. The fourth-order valence-electron chi connectivity index (χ4n) is 4.81. The van der Waals surface area contributed by atoms with Gasteiger partial charge in [-0.3, -0.25) is 9.69 Å². The fourth-order valence-corrected chi connectivity index (χ4v) is 4.81. The second kappa shape index (κ2) is 12.0. The van der Waals surface area contributed by atoms with E-state index in [9.17, 15) is 4.79 Å². The number of nitrogens with zero attached hydrogens (tertiary/aromatic N) is 3. The second-order valence-corrected chi connectivity index (χ2v) is 9.56. The minimum absolute atomic E-state index is 0.0353. The smallest absolute Gasteiger partial charge is 0.159 e. The quantitative estimate of drug-likeness (QED) is 0.341. The summed E-state index contributed by atoms with van der Waals surface area (Å²) in [5.74, 6) is 4.00. The average molecular weight is 497 g/mol. The first-order valence-corrected chi connectivity index (χ1v) is 13.0. The van der Waals surface area contributed by atoms with Crippen molar-refractivity contribution in [2.24, 2.45) is 0 Å². The minimum Gasteiger partial charge on any atom is -0.488 e. The van der Waals surface area contributed by atoms with Gasteiger partial charge >= 0.3 is 0 Å². The standard InChI is InChI=1S/C30H32N4O3/c1-2-22-8-6-9-24(16-22)33-30-27-18-23(17-25(35)10-7-14-34-12-4-3-5-13-34)29(19-28(27)31-21-32-30)37-26-11-15-36-20-26/h1,6-10,16,18-19,21,26H,3-5,11-15,17,20H2,(H,31,32,33)/b10-7+. The lowest BCUT2D eigenvalue weighted by molar-refractivity contribution is -0.114. The Morgan fingerprint density at radius 2 is 2.11 bits per heavy atom. The number of ketones is 1. The molecular weight excluding hydrogens is 464 g/mol. The summed E-state index contributed by atoms with van der Waals surface area (Å²) in [4.78, 5) is 24.3. The highest BCUT2D eigenvalue weighted by Gasteiger charge is 2.21. The van der Waals surface area contributed by atoms with Crippen molar-refractivity contribution in [3.05, 3.63) is 66.0 Å². The third-order valence-electron chi connectivity index (χ3n) is 6.77. The zero-order chi connectivity index (χ0) is 25.5. The molecule has 5 rings (SSSR count). The first-order chi connectivity index (χ1) is 18.2. The Morgan fingerprint density at radius 3 is 2.92 bits per heavy atom. The van der Waals surface area contributed by atoms with Crippen LogP contribution in [-0.2, 0) is 16.0 Å². The maximum atomic E-state index is 13.0. The number of likely N-dealkylation sites (tertiary alicyclic amines) is 1. The highest BCUT2D eigenvalue weighted by Crippen LogP contribution is 2.32. The molecule has 3 heterocycles. The number of piperidine rings is 1.